The molecule has 0 saturated heterocycles. The van der Waals surface area contributed by atoms with E-state index in [1.54, 1.807) is 0 Å². The Morgan fingerprint density at radius 3 is 2.05 bits per heavy atom. The van der Waals surface area contributed by atoms with Crippen LogP contribution >= 0.6 is 15.9 Å². The summed E-state index contributed by atoms with van der Waals surface area (Å²) in [5.74, 6) is -2.23. The average Bonchev–Trinajstić information content (AvgIpc) is 2.48. The summed E-state index contributed by atoms with van der Waals surface area (Å²) in [6.45, 7) is 0. The summed E-state index contributed by atoms with van der Waals surface area (Å²) in [4.78, 5) is 21.2. The van der Waals surface area contributed by atoms with Crippen LogP contribution in [0.4, 0.5) is 0 Å². The van der Waals surface area contributed by atoms with E-state index in [4.69, 9.17) is 5.11 Å². The van der Waals surface area contributed by atoms with Gasteiger partial charge in [0.05, 0.1) is 4.83 Å². The van der Waals surface area contributed by atoms with Gasteiger partial charge in [-0.15, -0.1) is 0 Å². The Morgan fingerprint density at radius 1 is 0.950 bits per heavy atom. The number of hydrogen-bond acceptors (Lipinski definition) is 2. The molecule has 2 aromatic rings. The van der Waals surface area contributed by atoms with Crippen LogP contribution in [0.3, 0.4) is 0 Å². The lowest BCUT2D eigenvalue weighted by atomic mass is 10.0. The fraction of sp³-hybridized carbons (Fsp3) is 0.125. The van der Waals surface area contributed by atoms with Crippen molar-refractivity contribution in [2.24, 2.45) is 0 Å². The molecular weight excluding hydrogens is 320 g/mol. The van der Waals surface area contributed by atoms with Gasteiger partial charge in [0.25, 0.3) is 5.78 Å². The Hall–Kier alpha value is -1.94. The van der Waals surface area contributed by atoms with Crippen LogP contribution < -0.4 is 0 Å². The number of carboxylic acid groups (broad SMARTS) is 1. The molecule has 4 heteroatoms. The SMILES string of the molecule is O=C(O)C(=O)C(Br)Cc1ccc(-c2ccccc2)cc1. The molecule has 2 rings (SSSR count). The fourth-order valence-electron chi connectivity index (χ4n) is 1.90. The highest BCUT2D eigenvalue weighted by Crippen LogP contribution is 2.20. The summed E-state index contributed by atoms with van der Waals surface area (Å²) in [5.41, 5.74) is 3.13. The van der Waals surface area contributed by atoms with E-state index in [0.717, 1.165) is 16.7 Å². The molecule has 0 aliphatic rings. The van der Waals surface area contributed by atoms with E-state index >= 15 is 0 Å². The zero-order valence-corrected chi connectivity index (χ0v) is 12.2. The van der Waals surface area contributed by atoms with Crippen molar-refractivity contribution in [2.75, 3.05) is 0 Å². The maximum absolute atomic E-state index is 11.3. The second-order valence-electron chi connectivity index (χ2n) is 4.40. The Balaban J connectivity index is 2.09. The predicted octanol–water partition coefficient (Wildman–Crippen LogP) is 3.31. The van der Waals surface area contributed by atoms with Gasteiger partial charge in [0.1, 0.15) is 0 Å². The maximum atomic E-state index is 11.3. The third kappa shape index (κ3) is 3.54. The number of carbonyl (C=O) groups excluding carboxylic acids is 1. The molecule has 0 bridgehead atoms. The normalized spacial score (nSPS) is 11.8. The second-order valence-corrected chi connectivity index (χ2v) is 5.51. The smallest absolute Gasteiger partial charge is 0.373 e. The largest absolute Gasteiger partial charge is 0.475 e. The van der Waals surface area contributed by atoms with Gasteiger partial charge in [-0.3, -0.25) is 4.79 Å². The van der Waals surface area contributed by atoms with Crippen LogP contribution in [0.1, 0.15) is 5.56 Å². The van der Waals surface area contributed by atoms with Gasteiger partial charge in [-0.1, -0.05) is 70.5 Å². The van der Waals surface area contributed by atoms with Crippen molar-refractivity contribution >= 4 is 27.7 Å². The van der Waals surface area contributed by atoms with Gasteiger partial charge in [-0.05, 0) is 23.1 Å². The molecule has 1 atom stereocenters. The van der Waals surface area contributed by atoms with Crippen molar-refractivity contribution in [1.29, 1.82) is 0 Å². The van der Waals surface area contributed by atoms with Crippen molar-refractivity contribution in [3.63, 3.8) is 0 Å². The van der Waals surface area contributed by atoms with Crippen LogP contribution in [0, 0.1) is 0 Å². The third-order valence-corrected chi connectivity index (χ3v) is 3.71. The molecule has 0 spiro atoms. The minimum Gasteiger partial charge on any atom is -0.475 e. The van der Waals surface area contributed by atoms with Crippen molar-refractivity contribution in [1.82, 2.24) is 0 Å². The zero-order chi connectivity index (χ0) is 14.5. The van der Waals surface area contributed by atoms with Crippen molar-refractivity contribution in [3.8, 4) is 11.1 Å². The predicted molar refractivity (Wildman–Crippen MR) is 80.9 cm³/mol. The van der Waals surface area contributed by atoms with Gasteiger partial charge in [-0.2, -0.15) is 0 Å². The minimum absolute atomic E-state index is 0.361. The van der Waals surface area contributed by atoms with Gasteiger partial charge in [0, 0.05) is 0 Å². The number of alkyl halides is 1. The summed E-state index contributed by atoms with van der Waals surface area (Å²) in [6.07, 6.45) is 0.361. The van der Waals surface area contributed by atoms with Crippen LogP contribution in [-0.4, -0.2) is 21.7 Å². The van der Waals surface area contributed by atoms with Crippen molar-refractivity contribution < 1.29 is 14.7 Å². The Labute approximate surface area is 125 Å². The molecule has 3 nitrogen and oxygen atoms in total. The number of Topliss-reactive ketones (excluding diaryl/α,β-unsaturated/α-hetero) is 1. The first kappa shape index (κ1) is 14.5. The first-order valence-corrected chi connectivity index (χ1v) is 7.05. The summed E-state index contributed by atoms with van der Waals surface area (Å²) in [5, 5.41) is 8.64. The highest BCUT2D eigenvalue weighted by molar-refractivity contribution is 9.10. The van der Waals surface area contributed by atoms with Crippen LogP contribution in [0.2, 0.25) is 0 Å². The maximum Gasteiger partial charge on any atom is 0.373 e. The molecule has 20 heavy (non-hydrogen) atoms. The monoisotopic (exact) mass is 332 g/mol. The standard InChI is InChI=1S/C16H13BrO3/c17-14(15(18)16(19)20)10-11-6-8-13(9-7-11)12-4-2-1-3-5-12/h1-9,14H,10H2,(H,19,20). The van der Waals surface area contributed by atoms with Gasteiger partial charge >= 0.3 is 5.97 Å². The van der Waals surface area contributed by atoms with Gasteiger partial charge < -0.3 is 5.11 Å². The summed E-state index contributed by atoms with van der Waals surface area (Å²) < 4.78 is 0. The van der Waals surface area contributed by atoms with E-state index in [9.17, 15) is 9.59 Å². The molecule has 0 aliphatic heterocycles. The molecule has 0 saturated carbocycles. The lowest BCUT2D eigenvalue weighted by Crippen LogP contribution is -2.25. The molecule has 0 radical (unpaired) electrons. The van der Waals surface area contributed by atoms with Gasteiger partial charge in [0.2, 0.25) is 0 Å². The van der Waals surface area contributed by atoms with E-state index in [0.29, 0.717) is 6.42 Å². The molecule has 102 valence electrons. The van der Waals surface area contributed by atoms with E-state index in [-0.39, 0.29) is 0 Å². The highest BCUT2D eigenvalue weighted by Gasteiger charge is 2.22. The first-order valence-electron chi connectivity index (χ1n) is 6.13. The molecular formula is C16H13BrO3. The molecule has 2 aromatic carbocycles. The Bertz CT molecular complexity index is 605. The Kier molecular flexibility index (Phi) is 4.69. The molecule has 0 aliphatic carbocycles. The van der Waals surface area contributed by atoms with Crippen LogP contribution in [0.25, 0.3) is 11.1 Å². The van der Waals surface area contributed by atoms with E-state index in [2.05, 4.69) is 15.9 Å². The van der Waals surface area contributed by atoms with Gasteiger partial charge in [-0.25, -0.2) is 4.79 Å². The zero-order valence-electron chi connectivity index (χ0n) is 10.6. The van der Waals surface area contributed by atoms with Crippen LogP contribution in [0.15, 0.2) is 54.6 Å². The fourth-order valence-corrected chi connectivity index (χ4v) is 2.47. The number of rotatable bonds is 5. The quantitative estimate of drug-likeness (QED) is 0.675. The summed E-state index contributed by atoms with van der Waals surface area (Å²) >= 11 is 3.11. The van der Waals surface area contributed by atoms with E-state index in [1.165, 1.54) is 0 Å². The van der Waals surface area contributed by atoms with E-state index in [1.807, 2.05) is 54.6 Å². The molecule has 0 amide bonds. The number of ketones is 1. The minimum atomic E-state index is -1.41. The number of benzene rings is 2. The Morgan fingerprint density at radius 2 is 1.50 bits per heavy atom. The highest BCUT2D eigenvalue weighted by atomic mass is 79.9. The van der Waals surface area contributed by atoms with Crippen molar-refractivity contribution in [2.45, 2.75) is 11.2 Å². The second kappa shape index (κ2) is 6.48. The number of carboxylic acids is 1. The third-order valence-electron chi connectivity index (χ3n) is 2.97. The molecule has 0 aromatic heterocycles. The number of halogens is 1. The number of hydrogen-bond donors (Lipinski definition) is 1. The van der Waals surface area contributed by atoms with E-state index < -0.39 is 16.6 Å². The lowest BCUT2D eigenvalue weighted by molar-refractivity contribution is -0.148. The van der Waals surface area contributed by atoms with Gasteiger partial charge in [0.15, 0.2) is 0 Å². The molecule has 0 fully saturated rings. The molecule has 0 heterocycles. The average molecular weight is 333 g/mol. The molecule has 1 unspecified atom stereocenters. The topological polar surface area (TPSA) is 54.4 Å². The lowest BCUT2D eigenvalue weighted by Gasteiger charge is -2.07. The number of aliphatic carboxylic acids is 1. The molecule has 1 N–H and O–H groups in total. The summed E-state index contributed by atoms with van der Waals surface area (Å²) in [6, 6.07) is 17.7. The summed E-state index contributed by atoms with van der Waals surface area (Å²) in [7, 11) is 0. The van der Waals surface area contributed by atoms with Crippen molar-refractivity contribution in [3.05, 3.63) is 60.2 Å². The van der Waals surface area contributed by atoms with Crippen LogP contribution in [-0.2, 0) is 16.0 Å². The number of carbonyl (C=O) groups is 2. The van der Waals surface area contributed by atoms with Crippen LogP contribution in [0.5, 0.6) is 0 Å². The first-order chi connectivity index (χ1) is 9.58.